The number of amides is 1. The number of nitrogens with zero attached hydrogens (tertiary/aromatic N) is 1. The van der Waals surface area contributed by atoms with Gasteiger partial charge >= 0.3 is 0 Å². The number of rotatable bonds is 7. The number of hydrogen-bond donors (Lipinski definition) is 1. The third kappa shape index (κ3) is 5.75. The van der Waals surface area contributed by atoms with Crippen LogP contribution in [-0.2, 0) is 11.2 Å². The van der Waals surface area contributed by atoms with E-state index in [1.54, 1.807) is 48.5 Å². The van der Waals surface area contributed by atoms with Crippen LogP contribution in [-0.4, -0.2) is 12.5 Å². The van der Waals surface area contributed by atoms with Gasteiger partial charge in [-0.25, -0.2) is 4.39 Å². The summed E-state index contributed by atoms with van der Waals surface area (Å²) >= 11 is 6.10. The molecule has 0 saturated carbocycles. The molecule has 0 unspecified atom stereocenters. The molecule has 3 aromatic rings. The zero-order valence-corrected chi connectivity index (χ0v) is 18.5. The van der Waals surface area contributed by atoms with Crippen molar-refractivity contribution in [3.8, 4) is 11.8 Å². The largest absolute Gasteiger partial charge is 0.494 e. The first-order valence-electron chi connectivity index (χ1n) is 10.1. The highest BCUT2D eigenvalue weighted by atomic mass is 35.5. The van der Waals surface area contributed by atoms with E-state index in [-0.39, 0.29) is 11.4 Å². The molecular weight excluding hydrogens is 427 g/mol. The van der Waals surface area contributed by atoms with E-state index in [0.717, 1.165) is 11.1 Å². The van der Waals surface area contributed by atoms with E-state index < -0.39 is 5.91 Å². The van der Waals surface area contributed by atoms with Crippen molar-refractivity contribution in [1.29, 1.82) is 5.26 Å². The average molecular weight is 449 g/mol. The van der Waals surface area contributed by atoms with Crippen molar-refractivity contribution < 1.29 is 13.9 Å². The Morgan fingerprint density at radius 3 is 2.62 bits per heavy atom. The molecule has 3 aromatic carbocycles. The second-order valence-electron chi connectivity index (χ2n) is 7.16. The Balaban J connectivity index is 1.85. The summed E-state index contributed by atoms with van der Waals surface area (Å²) < 4.78 is 19.8. The van der Waals surface area contributed by atoms with Gasteiger partial charge in [-0.2, -0.15) is 5.26 Å². The smallest absolute Gasteiger partial charge is 0.266 e. The minimum atomic E-state index is -0.541. The van der Waals surface area contributed by atoms with Crippen LogP contribution in [0, 0.1) is 24.1 Å². The Hall–Kier alpha value is -3.62. The lowest BCUT2D eigenvalue weighted by atomic mass is 10.0. The van der Waals surface area contributed by atoms with E-state index in [0.29, 0.717) is 40.6 Å². The van der Waals surface area contributed by atoms with Crippen molar-refractivity contribution in [2.45, 2.75) is 20.3 Å². The molecule has 0 bridgehead atoms. The van der Waals surface area contributed by atoms with E-state index >= 15 is 0 Å². The van der Waals surface area contributed by atoms with Gasteiger partial charge in [0.25, 0.3) is 5.91 Å². The highest BCUT2D eigenvalue weighted by molar-refractivity contribution is 6.31. The SMILES string of the molecule is CCOc1cc(/C=C(\C#N)C(=O)Nc2ccc(C)c(Cl)c2)ccc1Cc1ccccc1F. The van der Waals surface area contributed by atoms with E-state index in [4.69, 9.17) is 16.3 Å². The summed E-state index contributed by atoms with van der Waals surface area (Å²) in [5.41, 5.74) is 3.32. The van der Waals surface area contributed by atoms with Gasteiger partial charge in [0.05, 0.1) is 6.61 Å². The number of aryl methyl sites for hydroxylation is 1. The van der Waals surface area contributed by atoms with Gasteiger partial charge in [0, 0.05) is 17.1 Å². The van der Waals surface area contributed by atoms with Crippen molar-refractivity contribution in [3.05, 3.63) is 99.3 Å². The van der Waals surface area contributed by atoms with Crippen LogP contribution < -0.4 is 10.1 Å². The number of carbonyl (C=O) groups excluding carboxylic acids is 1. The molecule has 0 heterocycles. The van der Waals surface area contributed by atoms with Crippen LogP contribution in [0.1, 0.15) is 29.2 Å². The third-order valence-electron chi connectivity index (χ3n) is 4.84. The molecule has 1 amide bonds. The predicted octanol–water partition coefficient (Wildman–Crippen LogP) is 6.32. The first kappa shape index (κ1) is 23.1. The van der Waals surface area contributed by atoms with Crippen molar-refractivity contribution in [2.75, 3.05) is 11.9 Å². The number of hydrogen-bond acceptors (Lipinski definition) is 3. The molecule has 0 aliphatic rings. The summed E-state index contributed by atoms with van der Waals surface area (Å²) in [6.07, 6.45) is 1.85. The molecule has 0 saturated heterocycles. The van der Waals surface area contributed by atoms with Gasteiger partial charge in [-0.3, -0.25) is 4.79 Å². The molecule has 162 valence electrons. The molecule has 0 spiro atoms. The van der Waals surface area contributed by atoms with Crippen molar-refractivity contribution in [3.63, 3.8) is 0 Å². The Morgan fingerprint density at radius 2 is 1.94 bits per heavy atom. The normalized spacial score (nSPS) is 11.0. The van der Waals surface area contributed by atoms with Gasteiger partial charge in [-0.1, -0.05) is 48.0 Å². The standard InChI is InChI=1S/C26H22ClFN2O2/c1-3-32-25-13-18(9-10-20(25)14-19-6-4-5-7-24(19)28)12-21(16-29)26(31)30-22-11-8-17(2)23(27)15-22/h4-13,15H,3,14H2,1-2H3,(H,30,31)/b21-12+. The summed E-state index contributed by atoms with van der Waals surface area (Å²) in [5.74, 6) is -0.244. The molecule has 4 nitrogen and oxygen atoms in total. The number of carbonyl (C=O) groups is 1. The molecule has 32 heavy (non-hydrogen) atoms. The molecule has 0 radical (unpaired) electrons. The Labute approximate surface area is 191 Å². The highest BCUT2D eigenvalue weighted by Crippen LogP contribution is 2.26. The monoisotopic (exact) mass is 448 g/mol. The molecule has 0 fully saturated rings. The third-order valence-corrected chi connectivity index (χ3v) is 5.24. The van der Waals surface area contributed by atoms with Gasteiger partial charge in [0.15, 0.2) is 0 Å². The Kier molecular flexibility index (Phi) is 7.64. The fourth-order valence-electron chi connectivity index (χ4n) is 3.13. The van der Waals surface area contributed by atoms with Crippen LogP contribution in [0.4, 0.5) is 10.1 Å². The topological polar surface area (TPSA) is 62.1 Å². The summed E-state index contributed by atoms with van der Waals surface area (Å²) in [4.78, 5) is 12.6. The second kappa shape index (κ2) is 10.6. The minimum absolute atomic E-state index is 0.0639. The molecule has 3 rings (SSSR count). The molecule has 0 atom stereocenters. The summed E-state index contributed by atoms with van der Waals surface area (Å²) in [6, 6.07) is 19.0. The quantitative estimate of drug-likeness (QED) is 0.339. The lowest BCUT2D eigenvalue weighted by Gasteiger charge is -2.12. The first-order chi connectivity index (χ1) is 15.4. The summed E-state index contributed by atoms with van der Waals surface area (Å²) in [7, 11) is 0. The number of nitriles is 1. The van der Waals surface area contributed by atoms with Crippen LogP contribution in [0.5, 0.6) is 5.75 Å². The Bertz CT molecular complexity index is 1210. The molecule has 0 aliphatic carbocycles. The zero-order chi connectivity index (χ0) is 23.1. The van der Waals surface area contributed by atoms with Crippen molar-refractivity contribution in [1.82, 2.24) is 0 Å². The second-order valence-corrected chi connectivity index (χ2v) is 7.56. The molecule has 1 N–H and O–H groups in total. The number of halogens is 2. The number of nitrogens with one attached hydrogen (secondary N) is 1. The van der Waals surface area contributed by atoms with Crippen LogP contribution in [0.2, 0.25) is 5.02 Å². The fourth-order valence-corrected chi connectivity index (χ4v) is 3.31. The highest BCUT2D eigenvalue weighted by Gasteiger charge is 2.13. The maximum absolute atomic E-state index is 14.1. The Morgan fingerprint density at radius 1 is 1.16 bits per heavy atom. The van der Waals surface area contributed by atoms with E-state index in [1.807, 2.05) is 26.0 Å². The first-order valence-corrected chi connectivity index (χ1v) is 10.5. The van der Waals surface area contributed by atoms with Gasteiger partial charge < -0.3 is 10.1 Å². The van der Waals surface area contributed by atoms with Crippen LogP contribution in [0.3, 0.4) is 0 Å². The lowest BCUT2D eigenvalue weighted by Crippen LogP contribution is -2.13. The molecule has 0 aromatic heterocycles. The van der Waals surface area contributed by atoms with Crippen molar-refractivity contribution >= 4 is 29.3 Å². The van der Waals surface area contributed by atoms with Crippen LogP contribution >= 0.6 is 11.6 Å². The average Bonchev–Trinajstić information content (AvgIpc) is 2.77. The van der Waals surface area contributed by atoms with Crippen LogP contribution in [0.15, 0.2) is 66.2 Å². The summed E-state index contributed by atoms with van der Waals surface area (Å²) in [6.45, 7) is 4.15. The van der Waals surface area contributed by atoms with Gasteiger partial charge in [0.1, 0.15) is 23.2 Å². The zero-order valence-electron chi connectivity index (χ0n) is 17.8. The molecule has 6 heteroatoms. The summed E-state index contributed by atoms with van der Waals surface area (Å²) in [5, 5.41) is 12.7. The van der Waals surface area contributed by atoms with Gasteiger partial charge in [0.2, 0.25) is 0 Å². The number of benzene rings is 3. The fraction of sp³-hybridized carbons (Fsp3) is 0.154. The van der Waals surface area contributed by atoms with E-state index in [2.05, 4.69) is 5.32 Å². The van der Waals surface area contributed by atoms with Crippen molar-refractivity contribution in [2.24, 2.45) is 0 Å². The number of ether oxygens (including phenoxy) is 1. The van der Waals surface area contributed by atoms with E-state index in [1.165, 1.54) is 12.1 Å². The molecule has 0 aliphatic heterocycles. The number of anilines is 1. The minimum Gasteiger partial charge on any atom is -0.494 e. The molecular formula is C26H22ClFN2O2. The lowest BCUT2D eigenvalue weighted by molar-refractivity contribution is -0.112. The van der Waals surface area contributed by atoms with Crippen LogP contribution in [0.25, 0.3) is 6.08 Å². The van der Waals surface area contributed by atoms with E-state index in [9.17, 15) is 14.4 Å². The van der Waals surface area contributed by atoms with Gasteiger partial charge in [-0.15, -0.1) is 0 Å². The maximum Gasteiger partial charge on any atom is 0.266 e. The predicted molar refractivity (Wildman–Crippen MR) is 125 cm³/mol. The van der Waals surface area contributed by atoms with Gasteiger partial charge in [-0.05, 0) is 66.4 Å². The maximum atomic E-state index is 14.1.